The van der Waals surface area contributed by atoms with E-state index in [1.165, 1.54) is 41.8 Å². The molecule has 3 atom stereocenters. The molecule has 0 amide bonds. The lowest BCUT2D eigenvalue weighted by Gasteiger charge is -2.46. The van der Waals surface area contributed by atoms with Crippen LogP contribution in [0.3, 0.4) is 0 Å². The lowest BCUT2D eigenvalue weighted by atomic mass is 9.71. The average molecular weight is 322 g/mol. The molecule has 24 heavy (non-hydrogen) atoms. The van der Waals surface area contributed by atoms with Crippen LogP contribution >= 0.6 is 0 Å². The standard InChI is InChI=1S/C22H30N2/c1-5-9-20-18(6-2)22(16-12-14-17(23-3)15-13-16)19-10-7-8-11-21(19)24(20)4/h7-8,10-15,18,20,22-23H,5-6,9H2,1-4H3/t18-,20-,22-/m0/s1. The van der Waals surface area contributed by atoms with Crippen molar-refractivity contribution in [2.45, 2.75) is 45.1 Å². The van der Waals surface area contributed by atoms with Gasteiger partial charge in [0.2, 0.25) is 0 Å². The van der Waals surface area contributed by atoms with Crippen LogP contribution in [0.5, 0.6) is 0 Å². The van der Waals surface area contributed by atoms with E-state index in [0.29, 0.717) is 17.9 Å². The Morgan fingerprint density at radius 3 is 2.33 bits per heavy atom. The van der Waals surface area contributed by atoms with E-state index in [1.54, 1.807) is 0 Å². The third-order valence-electron chi connectivity index (χ3n) is 5.69. The van der Waals surface area contributed by atoms with Crippen molar-refractivity contribution in [2.24, 2.45) is 5.92 Å². The summed E-state index contributed by atoms with van der Waals surface area (Å²) in [6.45, 7) is 4.65. The van der Waals surface area contributed by atoms with E-state index in [-0.39, 0.29) is 0 Å². The quantitative estimate of drug-likeness (QED) is 0.781. The maximum absolute atomic E-state index is 3.23. The highest BCUT2D eigenvalue weighted by Gasteiger charge is 2.38. The van der Waals surface area contributed by atoms with Crippen LogP contribution in [0.25, 0.3) is 0 Å². The molecule has 2 aromatic rings. The van der Waals surface area contributed by atoms with E-state index >= 15 is 0 Å². The second-order valence-electron chi connectivity index (χ2n) is 6.95. The Labute approximate surface area is 146 Å². The Morgan fingerprint density at radius 1 is 1.00 bits per heavy atom. The van der Waals surface area contributed by atoms with E-state index in [2.05, 4.69) is 79.6 Å². The van der Waals surface area contributed by atoms with Crippen molar-refractivity contribution in [1.29, 1.82) is 0 Å². The van der Waals surface area contributed by atoms with E-state index < -0.39 is 0 Å². The summed E-state index contributed by atoms with van der Waals surface area (Å²) in [6, 6.07) is 18.6. The molecule has 1 aliphatic rings. The lowest BCUT2D eigenvalue weighted by molar-refractivity contribution is 0.324. The molecule has 0 unspecified atom stereocenters. The normalized spacial score (nSPS) is 23.0. The van der Waals surface area contributed by atoms with Crippen molar-refractivity contribution >= 4 is 11.4 Å². The summed E-state index contributed by atoms with van der Waals surface area (Å²) in [5.41, 5.74) is 5.51. The summed E-state index contributed by atoms with van der Waals surface area (Å²) in [5, 5.41) is 3.23. The first-order valence-electron chi connectivity index (χ1n) is 9.30. The maximum Gasteiger partial charge on any atom is 0.0405 e. The molecular formula is C22H30N2. The first-order valence-corrected chi connectivity index (χ1v) is 9.30. The van der Waals surface area contributed by atoms with Gasteiger partial charge in [0, 0.05) is 37.4 Å². The topological polar surface area (TPSA) is 15.3 Å². The van der Waals surface area contributed by atoms with Gasteiger partial charge in [0.25, 0.3) is 0 Å². The number of nitrogens with one attached hydrogen (secondary N) is 1. The van der Waals surface area contributed by atoms with E-state index in [4.69, 9.17) is 0 Å². The zero-order valence-electron chi connectivity index (χ0n) is 15.4. The van der Waals surface area contributed by atoms with Gasteiger partial charge in [-0.1, -0.05) is 57.0 Å². The van der Waals surface area contributed by atoms with Gasteiger partial charge in [-0.05, 0) is 41.7 Å². The number of hydrogen-bond acceptors (Lipinski definition) is 2. The smallest absolute Gasteiger partial charge is 0.0405 e. The third-order valence-corrected chi connectivity index (χ3v) is 5.69. The van der Waals surface area contributed by atoms with Crippen molar-refractivity contribution < 1.29 is 0 Å². The number of nitrogens with zero attached hydrogens (tertiary/aromatic N) is 1. The number of rotatable bonds is 5. The zero-order valence-corrected chi connectivity index (χ0v) is 15.4. The molecule has 0 aromatic heterocycles. The molecule has 0 saturated heterocycles. The number of hydrogen-bond donors (Lipinski definition) is 1. The van der Waals surface area contributed by atoms with E-state index in [0.717, 1.165) is 0 Å². The Bertz CT molecular complexity index is 662. The molecule has 0 saturated carbocycles. The van der Waals surface area contributed by atoms with Crippen molar-refractivity contribution in [3.63, 3.8) is 0 Å². The summed E-state index contributed by atoms with van der Waals surface area (Å²) in [4.78, 5) is 2.53. The first kappa shape index (κ1) is 16.9. The summed E-state index contributed by atoms with van der Waals surface area (Å²) in [6.07, 6.45) is 3.70. The number of para-hydroxylation sites is 1. The molecule has 1 heterocycles. The minimum absolute atomic E-state index is 0.491. The summed E-state index contributed by atoms with van der Waals surface area (Å²) in [7, 11) is 4.26. The van der Waals surface area contributed by atoms with Gasteiger partial charge in [0.05, 0.1) is 0 Å². The summed E-state index contributed by atoms with van der Waals surface area (Å²) < 4.78 is 0. The highest BCUT2D eigenvalue weighted by atomic mass is 15.2. The van der Waals surface area contributed by atoms with Gasteiger partial charge in [-0.3, -0.25) is 0 Å². The first-order chi connectivity index (χ1) is 11.7. The van der Waals surface area contributed by atoms with Crippen LogP contribution < -0.4 is 10.2 Å². The van der Waals surface area contributed by atoms with E-state index in [9.17, 15) is 0 Å². The molecule has 2 aromatic carbocycles. The predicted molar refractivity (Wildman–Crippen MR) is 105 cm³/mol. The van der Waals surface area contributed by atoms with Crippen LogP contribution in [0, 0.1) is 5.92 Å². The van der Waals surface area contributed by atoms with Crippen LogP contribution in [-0.2, 0) is 0 Å². The van der Waals surface area contributed by atoms with Gasteiger partial charge in [-0.2, -0.15) is 0 Å². The SMILES string of the molecule is CCC[C@H]1[C@H](CC)[C@H](c2ccc(NC)cc2)c2ccccc2N1C. The van der Waals surface area contributed by atoms with Crippen LogP contribution in [-0.4, -0.2) is 20.1 Å². The van der Waals surface area contributed by atoms with Crippen LogP contribution in [0.2, 0.25) is 0 Å². The summed E-state index contributed by atoms with van der Waals surface area (Å²) >= 11 is 0. The second-order valence-corrected chi connectivity index (χ2v) is 6.95. The van der Waals surface area contributed by atoms with Gasteiger partial charge < -0.3 is 10.2 Å². The van der Waals surface area contributed by atoms with Crippen LogP contribution in [0.4, 0.5) is 11.4 Å². The number of anilines is 2. The molecule has 2 heteroatoms. The fourth-order valence-electron chi connectivity index (χ4n) is 4.49. The number of benzene rings is 2. The highest BCUT2D eigenvalue weighted by Crippen LogP contribution is 2.47. The lowest BCUT2D eigenvalue weighted by Crippen LogP contribution is -2.45. The fourth-order valence-corrected chi connectivity index (χ4v) is 4.49. The fraction of sp³-hybridized carbons (Fsp3) is 0.455. The molecule has 3 rings (SSSR count). The predicted octanol–water partition coefficient (Wildman–Crippen LogP) is 5.50. The average Bonchev–Trinajstić information content (AvgIpc) is 2.64. The van der Waals surface area contributed by atoms with Gasteiger partial charge in [-0.15, -0.1) is 0 Å². The molecule has 1 aliphatic heterocycles. The van der Waals surface area contributed by atoms with Crippen molar-refractivity contribution in [3.05, 3.63) is 59.7 Å². The summed E-state index contributed by atoms with van der Waals surface area (Å²) in [5.74, 6) is 1.15. The Balaban J connectivity index is 2.10. The largest absolute Gasteiger partial charge is 0.388 e. The Morgan fingerprint density at radius 2 is 1.71 bits per heavy atom. The molecule has 2 nitrogen and oxygen atoms in total. The second kappa shape index (κ2) is 7.29. The molecule has 1 N–H and O–H groups in total. The van der Waals surface area contributed by atoms with Gasteiger partial charge >= 0.3 is 0 Å². The molecule has 0 bridgehead atoms. The van der Waals surface area contributed by atoms with E-state index in [1.807, 2.05) is 7.05 Å². The molecule has 128 valence electrons. The number of fused-ring (bicyclic) bond motifs is 1. The highest BCUT2D eigenvalue weighted by molar-refractivity contribution is 5.61. The van der Waals surface area contributed by atoms with Crippen LogP contribution in [0.15, 0.2) is 48.5 Å². The Kier molecular flexibility index (Phi) is 5.13. The minimum atomic E-state index is 0.491. The monoisotopic (exact) mass is 322 g/mol. The minimum Gasteiger partial charge on any atom is -0.388 e. The zero-order chi connectivity index (χ0) is 17.1. The van der Waals surface area contributed by atoms with Crippen LogP contribution in [0.1, 0.15) is 50.2 Å². The Hall–Kier alpha value is -1.96. The molecule has 0 radical (unpaired) electrons. The molecule has 0 fully saturated rings. The van der Waals surface area contributed by atoms with Gasteiger partial charge in [-0.25, -0.2) is 0 Å². The molecular weight excluding hydrogens is 292 g/mol. The van der Waals surface area contributed by atoms with Gasteiger partial charge in [0.15, 0.2) is 0 Å². The van der Waals surface area contributed by atoms with Crippen molar-refractivity contribution in [1.82, 2.24) is 0 Å². The maximum atomic E-state index is 3.23. The van der Waals surface area contributed by atoms with Crippen molar-refractivity contribution in [2.75, 3.05) is 24.3 Å². The van der Waals surface area contributed by atoms with Gasteiger partial charge in [0.1, 0.15) is 0 Å². The molecule has 0 spiro atoms. The van der Waals surface area contributed by atoms with Crippen molar-refractivity contribution in [3.8, 4) is 0 Å². The molecule has 0 aliphatic carbocycles. The third kappa shape index (κ3) is 2.90.